The molecule has 1 amide bonds. The summed E-state index contributed by atoms with van der Waals surface area (Å²) < 4.78 is 5.50. The summed E-state index contributed by atoms with van der Waals surface area (Å²) in [5.41, 5.74) is 0. The zero-order chi connectivity index (χ0) is 59.2. The summed E-state index contributed by atoms with van der Waals surface area (Å²) >= 11 is 0. The molecule has 0 saturated carbocycles. The molecule has 6 nitrogen and oxygen atoms in total. The molecule has 0 heterocycles. The maximum atomic E-state index is 12.5. The number of esters is 1. The maximum Gasteiger partial charge on any atom is 0.305 e. The van der Waals surface area contributed by atoms with Gasteiger partial charge in [-0.25, -0.2) is 0 Å². The zero-order valence-electron chi connectivity index (χ0n) is 55.8. The first-order chi connectivity index (χ1) is 40.5. The monoisotopic (exact) mass is 1150 g/mol. The first-order valence-corrected chi connectivity index (χ1v) is 37.6. The van der Waals surface area contributed by atoms with Gasteiger partial charge in [-0.15, -0.1) is 0 Å². The van der Waals surface area contributed by atoms with Gasteiger partial charge in [0, 0.05) is 12.8 Å². The van der Waals surface area contributed by atoms with Crippen molar-refractivity contribution in [3.63, 3.8) is 0 Å². The number of rotatable bonds is 71. The van der Waals surface area contributed by atoms with E-state index in [4.69, 9.17) is 4.74 Å². The molecule has 2 unspecified atom stereocenters. The Kier molecular flexibility index (Phi) is 70.4. The van der Waals surface area contributed by atoms with Gasteiger partial charge in [0.1, 0.15) is 0 Å². The van der Waals surface area contributed by atoms with Gasteiger partial charge in [0.15, 0.2) is 0 Å². The van der Waals surface area contributed by atoms with Crippen LogP contribution in [0.2, 0.25) is 0 Å². The summed E-state index contributed by atoms with van der Waals surface area (Å²) in [6.07, 6.45) is 91.4. The predicted molar refractivity (Wildman–Crippen MR) is 361 cm³/mol. The Hall–Kier alpha value is -1.66. The third-order valence-electron chi connectivity index (χ3n) is 17.7. The number of allylic oxidation sites excluding steroid dienone is 3. The van der Waals surface area contributed by atoms with E-state index in [1.807, 2.05) is 6.08 Å². The van der Waals surface area contributed by atoms with Gasteiger partial charge in [-0.2, -0.15) is 0 Å². The van der Waals surface area contributed by atoms with Gasteiger partial charge in [-0.1, -0.05) is 378 Å². The molecule has 0 radical (unpaired) electrons. The van der Waals surface area contributed by atoms with Crippen LogP contribution in [0.25, 0.3) is 0 Å². The van der Waals surface area contributed by atoms with Crippen molar-refractivity contribution in [2.75, 3.05) is 13.2 Å². The van der Waals surface area contributed by atoms with Crippen LogP contribution in [0.5, 0.6) is 0 Å². The number of hydrogen-bond acceptors (Lipinski definition) is 5. The van der Waals surface area contributed by atoms with Crippen LogP contribution in [-0.2, 0) is 14.3 Å². The fourth-order valence-electron chi connectivity index (χ4n) is 12.0. The Bertz CT molecular complexity index is 1280. The normalized spacial score (nSPS) is 12.6. The summed E-state index contributed by atoms with van der Waals surface area (Å²) in [6.45, 7) is 4.95. The minimum Gasteiger partial charge on any atom is -0.466 e. The third kappa shape index (κ3) is 67.5. The number of hydrogen-bond donors (Lipinski definition) is 3. The number of aliphatic hydroxyl groups excluding tert-OH is 2. The van der Waals surface area contributed by atoms with Crippen molar-refractivity contribution in [3.8, 4) is 0 Å². The van der Waals surface area contributed by atoms with Crippen LogP contribution in [0.4, 0.5) is 0 Å². The summed E-state index contributed by atoms with van der Waals surface area (Å²) in [5.74, 6) is -0.0392. The Morgan fingerprint density at radius 3 is 0.866 bits per heavy atom. The van der Waals surface area contributed by atoms with Crippen molar-refractivity contribution >= 4 is 11.9 Å². The average molecular weight is 1160 g/mol. The molecule has 3 N–H and O–H groups in total. The lowest BCUT2D eigenvalue weighted by Crippen LogP contribution is -2.45. The van der Waals surface area contributed by atoms with Crippen molar-refractivity contribution < 1.29 is 24.5 Å². The van der Waals surface area contributed by atoms with E-state index >= 15 is 0 Å². The molecule has 0 saturated heterocycles. The van der Waals surface area contributed by atoms with Crippen molar-refractivity contribution in [3.05, 3.63) is 24.3 Å². The SMILES string of the molecule is CCCCCCCCCCCCCCCCC/C=C/C(O)C(CO)NC(=O)CCCCCCCCCCCCCCCCCCC/C=C\CCCCCCCCCCCCCCOC(=O)CCCCCCCCCCCCCCCCC. The molecule has 0 aromatic heterocycles. The minimum absolute atomic E-state index is 0.0222. The second-order valence-electron chi connectivity index (χ2n) is 26.0. The molecule has 2 atom stereocenters. The van der Waals surface area contributed by atoms with E-state index in [1.165, 1.54) is 360 Å². The second-order valence-corrected chi connectivity index (χ2v) is 26.0. The van der Waals surface area contributed by atoms with Crippen molar-refractivity contribution in [2.24, 2.45) is 0 Å². The molecule has 0 bridgehead atoms. The van der Waals surface area contributed by atoms with Gasteiger partial charge in [-0.3, -0.25) is 9.59 Å². The minimum atomic E-state index is -0.842. The van der Waals surface area contributed by atoms with Crippen molar-refractivity contribution in [2.45, 2.75) is 437 Å². The fraction of sp³-hybridized carbons (Fsp3) is 0.921. The van der Waals surface area contributed by atoms with E-state index in [9.17, 15) is 19.8 Å². The van der Waals surface area contributed by atoms with Gasteiger partial charge < -0.3 is 20.3 Å². The van der Waals surface area contributed by atoms with Crippen LogP contribution in [0.3, 0.4) is 0 Å². The number of ether oxygens (including phenoxy) is 1. The Labute approximate surface area is 513 Å². The molecular formula is C76H147NO5. The number of carbonyl (C=O) groups excluding carboxylic acids is 2. The smallest absolute Gasteiger partial charge is 0.305 e. The molecule has 0 aliphatic rings. The molecule has 0 aliphatic heterocycles. The molecule has 0 spiro atoms. The highest BCUT2D eigenvalue weighted by molar-refractivity contribution is 5.76. The van der Waals surface area contributed by atoms with Gasteiger partial charge in [0.25, 0.3) is 0 Å². The highest BCUT2D eigenvalue weighted by atomic mass is 16.5. The van der Waals surface area contributed by atoms with Crippen molar-refractivity contribution in [1.29, 1.82) is 0 Å². The third-order valence-corrected chi connectivity index (χ3v) is 17.7. The van der Waals surface area contributed by atoms with E-state index in [-0.39, 0.29) is 18.5 Å². The van der Waals surface area contributed by atoms with Crippen LogP contribution in [0.15, 0.2) is 24.3 Å². The largest absolute Gasteiger partial charge is 0.466 e. The Morgan fingerprint density at radius 2 is 0.573 bits per heavy atom. The molecule has 6 heteroatoms. The van der Waals surface area contributed by atoms with Crippen LogP contribution >= 0.6 is 0 Å². The van der Waals surface area contributed by atoms with E-state index < -0.39 is 12.1 Å². The van der Waals surface area contributed by atoms with Crippen LogP contribution in [0.1, 0.15) is 425 Å². The average Bonchev–Trinajstić information content (AvgIpc) is 3.48. The van der Waals surface area contributed by atoms with Gasteiger partial charge >= 0.3 is 5.97 Å². The lowest BCUT2D eigenvalue weighted by atomic mass is 10.0. The number of carbonyl (C=O) groups is 2. The maximum absolute atomic E-state index is 12.5. The van der Waals surface area contributed by atoms with Crippen molar-refractivity contribution in [1.82, 2.24) is 5.32 Å². The molecule has 82 heavy (non-hydrogen) atoms. The highest BCUT2D eigenvalue weighted by Crippen LogP contribution is 2.19. The number of amides is 1. The summed E-state index contributed by atoms with van der Waals surface area (Å²) in [5, 5.41) is 23.2. The number of unbranched alkanes of at least 4 members (excludes halogenated alkanes) is 58. The van der Waals surface area contributed by atoms with Crippen LogP contribution < -0.4 is 5.32 Å². The highest BCUT2D eigenvalue weighted by Gasteiger charge is 2.18. The first-order valence-electron chi connectivity index (χ1n) is 37.6. The van der Waals surface area contributed by atoms with Crippen LogP contribution in [0, 0.1) is 0 Å². The molecule has 0 fully saturated rings. The lowest BCUT2D eigenvalue weighted by molar-refractivity contribution is -0.143. The summed E-state index contributed by atoms with van der Waals surface area (Å²) in [4.78, 5) is 24.6. The topological polar surface area (TPSA) is 95.9 Å². The van der Waals surface area contributed by atoms with E-state index in [0.29, 0.717) is 19.4 Å². The predicted octanol–water partition coefficient (Wildman–Crippen LogP) is 24.5. The van der Waals surface area contributed by atoms with E-state index in [1.54, 1.807) is 6.08 Å². The Morgan fingerprint density at radius 1 is 0.329 bits per heavy atom. The second kappa shape index (κ2) is 71.8. The summed E-state index contributed by atoms with van der Waals surface area (Å²) in [7, 11) is 0. The Balaban J connectivity index is 3.35. The standard InChI is InChI=1S/C76H147NO5/c1-3-5-7-9-11-13-15-17-19-37-41-44-48-52-56-60-64-68-74(79)73(72-78)77-75(80)69-65-61-57-53-49-45-42-38-35-33-31-29-27-25-23-21-20-22-24-26-28-30-32-34-36-39-43-47-51-55-59-63-67-71-82-76(81)70-66-62-58-54-50-46-40-18-16-14-12-10-8-6-4-2/h24,26,64,68,73-74,78-79H,3-23,25,27-63,65-67,69-72H2,1-2H3,(H,77,80)/b26-24-,68-64+. The zero-order valence-corrected chi connectivity index (χ0v) is 55.8. The van der Waals surface area contributed by atoms with Crippen LogP contribution in [-0.4, -0.2) is 47.4 Å². The van der Waals surface area contributed by atoms with E-state index in [2.05, 4.69) is 31.3 Å². The molecule has 0 aliphatic carbocycles. The number of nitrogens with one attached hydrogen (secondary N) is 1. The quantitative estimate of drug-likeness (QED) is 0.0320. The fourth-order valence-corrected chi connectivity index (χ4v) is 12.0. The first kappa shape index (κ1) is 80.3. The molecular weight excluding hydrogens is 1010 g/mol. The van der Waals surface area contributed by atoms with Gasteiger partial charge in [0.05, 0.1) is 25.4 Å². The lowest BCUT2D eigenvalue weighted by Gasteiger charge is -2.20. The molecule has 0 aromatic carbocycles. The number of aliphatic hydroxyl groups is 2. The molecule has 0 aromatic rings. The molecule has 0 rings (SSSR count). The van der Waals surface area contributed by atoms with Gasteiger partial charge in [-0.05, 0) is 57.8 Å². The summed E-state index contributed by atoms with van der Waals surface area (Å²) in [6, 6.07) is -0.625. The van der Waals surface area contributed by atoms with Gasteiger partial charge in [0.2, 0.25) is 5.91 Å². The van der Waals surface area contributed by atoms with E-state index in [0.717, 1.165) is 38.5 Å². The molecule has 486 valence electrons.